The second kappa shape index (κ2) is 5.58. The lowest BCUT2D eigenvalue weighted by atomic mass is 10.4. The second-order valence-corrected chi connectivity index (χ2v) is 4.69. The minimum Gasteiger partial charge on any atom is -0.391 e. The Balaban J connectivity index is 2.73. The van der Waals surface area contributed by atoms with Crippen molar-refractivity contribution in [1.29, 1.82) is 0 Å². The van der Waals surface area contributed by atoms with Crippen molar-refractivity contribution in [1.82, 2.24) is 14.8 Å². The molecule has 7 heteroatoms. The number of aliphatic hydroxyl groups is 1. The number of nitrogens with zero attached hydrogens (tertiary/aromatic N) is 2. The molecule has 0 aliphatic heterocycles. The molecule has 86 valence electrons. The Morgan fingerprint density at radius 3 is 2.87 bits per heavy atom. The number of aliphatic hydroxyl groups excluding tert-OH is 1. The fraction of sp³-hybridized carbons (Fsp3) is 0.750. The minimum absolute atomic E-state index is 0.0481. The van der Waals surface area contributed by atoms with E-state index in [1.807, 2.05) is 13.8 Å². The molecule has 0 aliphatic rings. The Morgan fingerprint density at radius 2 is 2.33 bits per heavy atom. The minimum atomic E-state index is -0.580. The molecule has 0 aliphatic carbocycles. The van der Waals surface area contributed by atoms with E-state index in [4.69, 9.17) is 11.6 Å². The van der Waals surface area contributed by atoms with Crippen molar-refractivity contribution in [3.05, 3.63) is 10.5 Å². The summed E-state index contributed by atoms with van der Waals surface area (Å²) in [7, 11) is 0. The van der Waals surface area contributed by atoms with Gasteiger partial charge < -0.3 is 5.11 Å². The average Bonchev–Trinajstić information content (AvgIpc) is 2.56. The summed E-state index contributed by atoms with van der Waals surface area (Å²) >= 11 is 6.78. The first kappa shape index (κ1) is 12.6. The van der Waals surface area contributed by atoms with Gasteiger partial charge in [0.25, 0.3) is 0 Å². The van der Waals surface area contributed by atoms with Gasteiger partial charge in [-0.05, 0) is 13.8 Å². The molecule has 0 radical (unpaired) electrons. The second-order valence-electron chi connectivity index (χ2n) is 3.39. The van der Waals surface area contributed by atoms with Crippen LogP contribution in [0, 0.1) is 0 Å². The highest BCUT2D eigenvalue weighted by molar-refractivity contribution is 7.99. The standard InChI is InChI=1S/C8H14ClN3O2S/c1-5(2)12-7(14)10-11-8(12)15-4-6(13)3-9/h5-6,13H,3-4H2,1-2H3,(H,10,14). The number of hydrogen-bond acceptors (Lipinski definition) is 4. The Bertz CT molecular complexity index is 363. The first-order chi connectivity index (χ1) is 7.06. The predicted molar refractivity (Wildman–Crippen MR) is 60.7 cm³/mol. The maximum Gasteiger partial charge on any atom is 0.344 e. The summed E-state index contributed by atoms with van der Waals surface area (Å²) in [6.45, 7) is 3.80. The van der Waals surface area contributed by atoms with Gasteiger partial charge in [-0.1, -0.05) is 11.8 Å². The summed E-state index contributed by atoms with van der Waals surface area (Å²) in [4.78, 5) is 11.3. The predicted octanol–water partition coefficient (Wildman–Crippen LogP) is 0.844. The lowest BCUT2D eigenvalue weighted by molar-refractivity contribution is 0.223. The third-order valence-corrected chi connectivity index (χ3v) is 3.23. The summed E-state index contributed by atoms with van der Waals surface area (Å²) in [5.74, 6) is 0.615. The van der Waals surface area contributed by atoms with Gasteiger partial charge in [0.05, 0.1) is 6.10 Å². The third-order valence-electron chi connectivity index (χ3n) is 1.77. The van der Waals surface area contributed by atoms with Crippen LogP contribution < -0.4 is 5.69 Å². The molecule has 0 fully saturated rings. The number of aromatic nitrogens is 3. The largest absolute Gasteiger partial charge is 0.391 e. The third kappa shape index (κ3) is 3.25. The van der Waals surface area contributed by atoms with Crippen molar-refractivity contribution in [2.45, 2.75) is 31.1 Å². The van der Waals surface area contributed by atoms with Gasteiger partial charge in [0.15, 0.2) is 5.16 Å². The summed E-state index contributed by atoms with van der Waals surface area (Å²) in [6.07, 6.45) is -0.580. The molecule has 1 aromatic rings. The Hall–Kier alpha value is -0.460. The number of nitrogens with one attached hydrogen (secondary N) is 1. The van der Waals surface area contributed by atoms with Gasteiger partial charge in [0.2, 0.25) is 0 Å². The van der Waals surface area contributed by atoms with Crippen LogP contribution in [0.3, 0.4) is 0 Å². The molecule has 0 amide bonds. The first-order valence-corrected chi connectivity index (χ1v) is 6.12. The molecule has 15 heavy (non-hydrogen) atoms. The van der Waals surface area contributed by atoms with Gasteiger partial charge >= 0.3 is 5.69 Å². The fourth-order valence-corrected chi connectivity index (χ4v) is 2.30. The number of rotatable bonds is 5. The maximum absolute atomic E-state index is 11.3. The normalized spacial score (nSPS) is 13.4. The number of halogens is 1. The van der Waals surface area contributed by atoms with E-state index in [9.17, 15) is 9.90 Å². The number of alkyl halides is 1. The van der Waals surface area contributed by atoms with Crippen LogP contribution in [-0.2, 0) is 0 Å². The van der Waals surface area contributed by atoms with Crippen molar-refractivity contribution >= 4 is 23.4 Å². The van der Waals surface area contributed by atoms with Gasteiger partial charge in [-0.15, -0.1) is 16.7 Å². The number of thioether (sulfide) groups is 1. The summed E-state index contributed by atoms with van der Waals surface area (Å²) in [5, 5.41) is 16.1. The number of hydrogen-bond donors (Lipinski definition) is 2. The molecule has 5 nitrogen and oxygen atoms in total. The molecule has 0 saturated carbocycles. The lowest BCUT2D eigenvalue weighted by Gasteiger charge is -2.09. The van der Waals surface area contributed by atoms with Crippen molar-refractivity contribution in [2.24, 2.45) is 0 Å². The Kier molecular flexibility index (Phi) is 4.69. The zero-order chi connectivity index (χ0) is 11.4. The molecule has 1 atom stereocenters. The van der Waals surface area contributed by atoms with Crippen LogP contribution in [0.2, 0.25) is 0 Å². The van der Waals surface area contributed by atoms with Crippen LogP contribution >= 0.6 is 23.4 Å². The van der Waals surface area contributed by atoms with Crippen LogP contribution in [0.4, 0.5) is 0 Å². The van der Waals surface area contributed by atoms with Gasteiger partial charge in [-0.25, -0.2) is 9.89 Å². The number of H-pyrrole nitrogens is 1. The summed E-state index contributed by atoms with van der Waals surface area (Å²) < 4.78 is 1.55. The highest BCUT2D eigenvalue weighted by Crippen LogP contribution is 2.17. The molecular weight excluding hydrogens is 238 g/mol. The van der Waals surface area contributed by atoms with E-state index in [1.165, 1.54) is 11.8 Å². The summed E-state index contributed by atoms with van der Waals surface area (Å²) in [5.41, 5.74) is -0.229. The van der Waals surface area contributed by atoms with E-state index in [2.05, 4.69) is 10.2 Å². The zero-order valence-electron chi connectivity index (χ0n) is 8.61. The Labute approximate surface area is 96.8 Å². The average molecular weight is 252 g/mol. The maximum atomic E-state index is 11.3. The number of aromatic amines is 1. The molecule has 0 saturated heterocycles. The first-order valence-electron chi connectivity index (χ1n) is 4.60. The van der Waals surface area contributed by atoms with Crippen molar-refractivity contribution < 1.29 is 5.11 Å². The van der Waals surface area contributed by atoms with E-state index >= 15 is 0 Å². The zero-order valence-corrected chi connectivity index (χ0v) is 10.2. The molecular formula is C8H14ClN3O2S. The molecule has 2 N–H and O–H groups in total. The smallest absolute Gasteiger partial charge is 0.344 e. The van der Waals surface area contributed by atoms with Crippen molar-refractivity contribution in [3.8, 4) is 0 Å². The monoisotopic (exact) mass is 251 g/mol. The molecule has 0 aromatic carbocycles. The van der Waals surface area contributed by atoms with Gasteiger partial charge in [0.1, 0.15) is 0 Å². The van der Waals surface area contributed by atoms with E-state index in [0.717, 1.165) is 0 Å². The van der Waals surface area contributed by atoms with Crippen molar-refractivity contribution in [3.63, 3.8) is 0 Å². The van der Waals surface area contributed by atoms with Crippen LogP contribution in [0.15, 0.2) is 9.95 Å². The van der Waals surface area contributed by atoms with E-state index in [1.54, 1.807) is 4.57 Å². The molecule has 1 rings (SSSR count). The van der Waals surface area contributed by atoms with Gasteiger partial charge in [-0.2, -0.15) is 0 Å². The highest BCUT2D eigenvalue weighted by Gasteiger charge is 2.13. The SMILES string of the molecule is CC(C)n1c(SCC(O)CCl)n[nH]c1=O. The van der Waals surface area contributed by atoms with Crippen LogP contribution in [-0.4, -0.2) is 37.6 Å². The molecule has 0 bridgehead atoms. The van der Waals surface area contributed by atoms with Crippen LogP contribution in [0.25, 0.3) is 0 Å². The van der Waals surface area contributed by atoms with E-state index < -0.39 is 6.10 Å². The van der Waals surface area contributed by atoms with Crippen LogP contribution in [0.1, 0.15) is 19.9 Å². The quantitative estimate of drug-likeness (QED) is 0.601. The van der Waals surface area contributed by atoms with E-state index in [-0.39, 0.29) is 17.6 Å². The van der Waals surface area contributed by atoms with E-state index in [0.29, 0.717) is 10.9 Å². The lowest BCUT2D eigenvalue weighted by Crippen LogP contribution is -2.20. The molecule has 1 unspecified atom stereocenters. The van der Waals surface area contributed by atoms with Crippen LogP contribution in [0.5, 0.6) is 0 Å². The Morgan fingerprint density at radius 1 is 1.67 bits per heavy atom. The highest BCUT2D eigenvalue weighted by atomic mass is 35.5. The van der Waals surface area contributed by atoms with Crippen molar-refractivity contribution in [2.75, 3.05) is 11.6 Å². The van der Waals surface area contributed by atoms with Gasteiger partial charge in [0, 0.05) is 17.7 Å². The van der Waals surface area contributed by atoms with Gasteiger partial charge in [-0.3, -0.25) is 4.57 Å². The topological polar surface area (TPSA) is 70.9 Å². The molecule has 1 heterocycles. The summed E-state index contributed by atoms with van der Waals surface area (Å²) in [6, 6.07) is 0.0481. The fourth-order valence-electron chi connectivity index (χ4n) is 1.06. The molecule has 1 aromatic heterocycles. The molecule has 0 spiro atoms.